The zero-order valence-corrected chi connectivity index (χ0v) is 15.3. The van der Waals surface area contributed by atoms with Crippen molar-refractivity contribution in [2.75, 3.05) is 13.7 Å². The summed E-state index contributed by atoms with van der Waals surface area (Å²) in [5.41, 5.74) is -0.938. The van der Waals surface area contributed by atoms with Gasteiger partial charge in [-0.05, 0) is 44.9 Å². The number of carbonyl (C=O) groups excluding carboxylic acids is 3. The molecule has 1 aliphatic heterocycles. The number of nitrogens with zero attached hydrogens (tertiary/aromatic N) is 1. The third-order valence-electron chi connectivity index (χ3n) is 4.11. The molecule has 0 aromatic heterocycles. The van der Waals surface area contributed by atoms with Crippen molar-refractivity contribution in [1.29, 1.82) is 0 Å². The van der Waals surface area contributed by atoms with E-state index in [1.54, 1.807) is 31.4 Å². The van der Waals surface area contributed by atoms with E-state index in [0.29, 0.717) is 17.7 Å². The molecule has 0 bridgehead atoms. The molecule has 136 valence electrons. The maximum atomic E-state index is 13.0. The molecule has 0 unspecified atom stereocenters. The quantitative estimate of drug-likeness (QED) is 0.795. The third-order valence-corrected chi connectivity index (χ3v) is 4.11. The molecular formula is C18H25N3O4. The number of methoxy groups -OCH3 is 1. The lowest BCUT2D eigenvalue weighted by atomic mass is 9.87. The van der Waals surface area contributed by atoms with E-state index in [-0.39, 0.29) is 12.5 Å². The van der Waals surface area contributed by atoms with Crippen LogP contribution in [0.2, 0.25) is 0 Å². The van der Waals surface area contributed by atoms with E-state index >= 15 is 0 Å². The fraction of sp³-hybridized carbons (Fsp3) is 0.500. The zero-order valence-electron chi connectivity index (χ0n) is 15.3. The Morgan fingerprint density at radius 2 is 1.84 bits per heavy atom. The molecule has 25 heavy (non-hydrogen) atoms. The van der Waals surface area contributed by atoms with E-state index in [1.807, 2.05) is 27.7 Å². The number of urea groups is 1. The minimum absolute atomic E-state index is 0.306. The lowest BCUT2D eigenvalue weighted by Crippen LogP contribution is -2.48. The van der Waals surface area contributed by atoms with Crippen LogP contribution in [0.15, 0.2) is 24.3 Å². The normalized spacial score (nSPS) is 20.4. The van der Waals surface area contributed by atoms with Gasteiger partial charge in [0.25, 0.3) is 5.91 Å². The second kappa shape index (κ2) is 6.74. The summed E-state index contributed by atoms with van der Waals surface area (Å²) in [6.07, 6.45) is 0.376. The lowest BCUT2D eigenvalue weighted by Gasteiger charge is -2.26. The van der Waals surface area contributed by atoms with Gasteiger partial charge in [0.1, 0.15) is 17.8 Å². The number of rotatable bonds is 5. The van der Waals surface area contributed by atoms with Crippen LogP contribution in [0.4, 0.5) is 4.79 Å². The van der Waals surface area contributed by atoms with Gasteiger partial charge in [-0.1, -0.05) is 19.1 Å². The molecule has 0 spiro atoms. The van der Waals surface area contributed by atoms with Gasteiger partial charge in [0.2, 0.25) is 5.91 Å². The van der Waals surface area contributed by atoms with Crippen LogP contribution < -0.4 is 15.4 Å². The molecule has 1 atom stereocenters. The highest BCUT2D eigenvalue weighted by Gasteiger charge is 2.51. The van der Waals surface area contributed by atoms with Crippen molar-refractivity contribution in [3.8, 4) is 5.75 Å². The summed E-state index contributed by atoms with van der Waals surface area (Å²) < 4.78 is 5.13. The number of nitrogens with one attached hydrogen (secondary N) is 2. The van der Waals surface area contributed by atoms with Crippen LogP contribution in [0.1, 0.15) is 39.7 Å². The van der Waals surface area contributed by atoms with Gasteiger partial charge in [0.15, 0.2) is 0 Å². The van der Waals surface area contributed by atoms with Crippen molar-refractivity contribution in [3.05, 3.63) is 29.8 Å². The largest absolute Gasteiger partial charge is 0.497 e. The maximum Gasteiger partial charge on any atom is 0.325 e. The highest BCUT2D eigenvalue weighted by Crippen LogP contribution is 2.33. The van der Waals surface area contributed by atoms with Gasteiger partial charge in [0.05, 0.1) is 7.11 Å². The van der Waals surface area contributed by atoms with Gasteiger partial charge in [0, 0.05) is 5.54 Å². The molecule has 1 heterocycles. The van der Waals surface area contributed by atoms with Crippen molar-refractivity contribution in [1.82, 2.24) is 15.5 Å². The summed E-state index contributed by atoms with van der Waals surface area (Å²) in [5.74, 6) is -0.139. The van der Waals surface area contributed by atoms with Crippen LogP contribution in [0.5, 0.6) is 5.75 Å². The van der Waals surface area contributed by atoms with Crippen LogP contribution in [0.3, 0.4) is 0 Å². The van der Waals surface area contributed by atoms with Gasteiger partial charge < -0.3 is 15.4 Å². The Labute approximate surface area is 147 Å². The van der Waals surface area contributed by atoms with E-state index in [4.69, 9.17) is 4.74 Å². The number of carbonyl (C=O) groups is 3. The predicted molar refractivity (Wildman–Crippen MR) is 93.1 cm³/mol. The highest BCUT2D eigenvalue weighted by atomic mass is 16.5. The second-order valence-electron chi connectivity index (χ2n) is 7.11. The number of hydrogen-bond donors (Lipinski definition) is 2. The van der Waals surface area contributed by atoms with Crippen LogP contribution in [0, 0.1) is 0 Å². The SMILES string of the molecule is CC[C@@]1(c2ccc(OC)cc2)NC(=O)N(CC(=O)NC(C)(C)C)C1=O. The first-order valence-electron chi connectivity index (χ1n) is 8.22. The van der Waals surface area contributed by atoms with Crippen molar-refractivity contribution < 1.29 is 19.1 Å². The van der Waals surface area contributed by atoms with Crippen molar-refractivity contribution in [2.24, 2.45) is 0 Å². The average Bonchev–Trinajstić information content (AvgIpc) is 2.78. The smallest absolute Gasteiger partial charge is 0.325 e. The molecule has 2 N–H and O–H groups in total. The molecule has 7 nitrogen and oxygen atoms in total. The van der Waals surface area contributed by atoms with E-state index in [1.165, 1.54) is 0 Å². The number of hydrogen-bond acceptors (Lipinski definition) is 4. The molecule has 1 aliphatic rings. The molecule has 0 saturated carbocycles. The number of benzene rings is 1. The monoisotopic (exact) mass is 347 g/mol. The average molecular weight is 347 g/mol. The number of imide groups is 1. The Bertz CT molecular complexity index is 679. The topological polar surface area (TPSA) is 87.7 Å². The van der Waals surface area contributed by atoms with E-state index in [2.05, 4.69) is 10.6 Å². The summed E-state index contributed by atoms with van der Waals surface area (Å²) >= 11 is 0. The van der Waals surface area contributed by atoms with Gasteiger partial charge in [-0.25, -0.2) is 4.79 Å². The summed E-state index contributed by atoms with van der Waals surface area (Å²) in [4.78, 5) is 38.4. The first-order valence-corrected chi connectivity index (χ1v) is 8.22. The Morgan fingerprint density at radius 3 is 2.32 bits per heavy atom. The Morgan fingerprint density at radius 1 is 1.24 bits per heavy atom. The molecule has 0 aliphatic carbocycles. The summed E-state index contributed by atoms with van der Waals surface area (Å²) in [7, 11) is 1.56. The minimum atomic E-state index is -1.16. The summed E-state index contributed by atoms with van der Waals surface area (Å²) in [6, 6.07) is 6.41. The van der Waals surface area contributed by atoms with Crippen LogP contribution in [0.25, 0.3) is 0 Å². The lowest BCUT2D eigenvalue weighted by molar-refractivity contribution is -0.135. The predicted octanol–water partition coefficient (Wildman–Crippen LogP) is 1.77. The molecule has 1 aromatic rings. The fourth-order valence-corrected chi connectivity index (χ4v) is 2.89. The van der Waals surface area contributed by atoms with Crippen LogP contribution >= 0.6 is 0 Å². The Balaban J connectivity index is 2.26. The second-order valence-corrected chi connectivity index (χ2v) is 7.11. The van der Waals surface area contributed by atoms with E-state index in [0.717, 1.165) is 4.90 Å². The standard InChI is InChI=1S/C18H25N3O4/c1-6-18(12-7-9-13(25-5)10-8-12)15(23)21(16(24)20-18)11-14(22)19-17(2,3)4/h7-10H,6,11H2,1-5H3,(H,19,22)(H,20,24)/t18-/m0/s1. The zero-order chi connectivity index (χ0) is 18.8. The van der Waals surface area contributed by atoms with Crippen LogP contribution in [-0.4, -0.2) is 41.9 Å². The minimum Gasteiger partial charge on any atom is -0.497 e. The Kier molecular flexibility index (Phi) is 5.06. The molecule has 2 rings (SSSR count). The van der Waals surface area contributed by atoms with Gasteiger partial charge in [-0.2, -0.15) is 0 Å². The third kappa shape index (κ3) is 3.75. The van der Waals surface area contributed by atoms with Crippen molar-refractivity contribution in [2.45, 2.75) is 45.2 Å². The molecule has 1 fully saturated rings. The molecule has 1 saturated heterocycles. The number of amides is 4. The van der Waals surface area contributed by atoms with Gasteiger partial charge in [-0.15, -0.1) is 0 Å². The van der Waals surface area contributed by atoms with Gasteiger partial charge >= 0.3 is 6.03 Å². The fourth-order valence-electron chi connectivity index (χ4n) is 2.89. The first kappa shape index (κ1) is 18.8. The molecule has 1 aromatic carbocycles. The van der Waals surface area contributed by atoms with Crippen molar-refractivity contribution >= 4 is 17.8 Å². The number of ether oxygens (including phenoxy) is 1. The maximum absolute atomic E-state index is 13.0. The van der Waals surface area contributed by atoms with Crippen molar-refractivity contribution in [3.63, 3.8) is 0 Å². The molecule has 0 radical (unpaired) electrons. The molecule has 4 amide bonds. The van der Waals surface area contributed by atoms with E-state index < -0.39 is 23.0 Å². The molecule has 7 heteroatoms. The summed E-state index contributed by atoms with van der Waals surface area (Å²) in [5, 5.41) is 5.51. The van der Waals surface area contributed by atoms with Crippen LogP contribution in [-0.2, 0) is 15.1 Å². The Hall–Kier alpha value is -2.57. The van der Waals surface area contributed by atoms with E-state index in [9.17, 15) is 14.4 Å². The van der Waals surface area contributed by atoms with Gasteiger partial charge in [-0.3, -0.25) is 14.5 Å². The molecular weight excluding hydrogens is 322 g/mol. The first-order chi connectivity index (χ1) is 11.6. The highest BCUT2D eigenvalue weighted by molar-refractivity contribution is 6.09. The summed E-state index contributed by atoms with van der Waals surface area (Å²) in [6.45, 7) is 7.03.